The third kappa shape index (κ3) is 2.51. The predicted octanol–water partition coefficient (Wildman–Crippen LogP) is 4.44. The molecule has 3 nitrogen and oxygen atoms in total. The largest absolute Gasteiger partial charge is 0.454 e. The van der Waals surface area contributed by atoms with E-state index in [1.54, 1.807) is 12.3 Å². The first-order valence-corrected chi connectivity index (χ1v) is 6.67. The Morgan fingerprint density at radius 1 is 1.22 bits per heavy atom. The van der Waals surface area contributed by atoms with Crippen LogP contribution in [-0.4, -0.2) is 9.78 Å². The number of aromatic nitrogens is 2. The molecule has 1 heterocycles. The van der Waals surface area contributed by atoms with Crippen molar-refractivity contribution in [1.82, 2.24) is 9.78 Å². The van der Waals surface area contributed by atoms with Gasteiger partial charge < -0.3 is 4.74 Å². The van der Waals surface area contributed by atoms with Crippen LogP contribution in [0.2, 0.25) is 5.02 Å². The normalized spacial score (nSPS) is 16.1. The summed E-state index contributed by atoms with van der Waals surface area (Å²) in [6.07, 6.45) is 8.77. The van der Waals surface area contributed by atoms with Crippen molar-refractivity contribution in [2.75, 3.05) is 0 Å². The number of hydrogen-bond donors (Lipinski definition) is 0. The molecule has 0 spiro atoms. The summed E-state index contributed by atoms with van der Waals surface area (Å²) in [5, 5.41) is 5.05. The molecule has 18 heavy (non-hydrogen) atoms. The first-order valence-electron chi connectivity index (χ1n) is 6.29. The van der Waals surface area contributed by atoms with Crippen molar-refractivity contribution in [3.05, 3.63) is 41.7 Å². The fourth-order valence-corrected chi connectivity index (χ4v) is 2.59. The Morgan fingerprint density at radius 3 is 2.83 bits per heavy atom. The molecule has 0 N–H and O–H groups in total. The van der Waals surface area contributed by atoms with E-state index >= 15 is 0 Å². The van der Waals surface area contributed by atoms with E-state index in [0.717, 1.165) is 11.5 Å². The van der Waals surface area contributed by atoms with Crippen LogP contribution in [0.4, 0.5) is 0 Å². The summed E-state index contributed by atoms with van der Waals surface area (Å²) in [4.78, 5) is 0. The van der Waals surface area contributed by atoms with Crippen molar-refractivity contribution in [2.24, 2.45) is 0 Å². The zero-order chi connectivity index (χ0) is 12.4. The molecule has 1 aliphatic carbocycles. The Hall–Kier alpha value is -1.48. The van der Waals surface area contributed by atoms with Gasteiger partial charge in [-0.05, 0) is 31.0 Å². The van der Waals surface area contributed by atoms with E-state index in [4.69, 9.17) is 16.3 Å². The van der Waals surface area contributed by atoms with Crippen LogP contribution in [0.15, 0.2) is 36.7 Å². The second-order valence-corrected chi connectivity index (χ2v) is 5.09. The maximum Gasteiger partial charge on any atom is 0.165 e. The quantitative estimate of drug-likeness (QED) is 0.817. The van der Waals surface area contributed by atoms with Gasteiger partial charge in [-0.25, -0.2) is 0 Å². The number of hydrogen-bond acceptors (Lipinski definition) is 2. The van der Waals surface area contributed by atoms with E-state index in [9.17, 15) is 0 Å². The lowest BCUT2D eigenvalue weighted by Crippen LogP contribution is -2.04. The van der Waals surface area contributed by atoms with Crippen molar-refractivity contribution in [3.63, 3.8) is 0 Å². The number of nitrogens with zero attached hydrogens (tertiary/aromatic N) is 2. The SMILES string of the molecule is Clc1cccc(Oc2cnn(C3CCCC3)c2)c1. The van der Waals surface area contributed by atoms with Gasteiger partial charge >= 0.3 is 0 Å². The minimum Gasteiger partial charge on any atom is -0.454 e. The molecule has 1 aromatic carbocycles. The molecule has 0 saturated heterocycles. The lowest BCUT2D eigenvalue weighted by atomic mass is 10.3. The molecule has 1 saturated carbocycles. The first kappa shape index (κ1) is 11.6. The van der Waals surface area contributed by atoms with Gasteiger partial charge in [-0.3, -0.25) is 4.68 Å². The van der Waals surface area contributed by atoms with Gasteiger partial charge in [0.1, 0.15) is 5.75 Å². The number of rotatable bonds is 3. The Bertz CT molecular complexity index is 532. The van der Waals surface area contributed by atoms with E-state index in [2.05, 4.69) is 5.10 Å². The Kier molecular flexibility index (Phi) is 3.24. The zero-order valence-corrected chi connectivity index (χ0v) is 10.8. The molecule has 0 atom stereocenters. The molecule has 0 unspecified atom stereocenters. The van der Waals surface area contributed by atoms with Crippen LogP contribution in [0.1, 0.15) is 31.7 Å². The molecule has 1 aliphatic rings. The van der Waals surface area contributed by atoms with Gasteiger partial charge in [-0.2, -0.15) is 5.10 Å². The fraction of sp³-hybridized carbons (Fsp3) is 0.357. The molecule has 0 bridgehead atoms. The zero-order valence-electron chi connectivity index (χ0n) is 10.1. The van der Waals surface area contributed by atoms with Crippen molar-refractivity contribution < 1.29 is 4.74 Å². The van der Waals surface area contributed by atoms with Gasteiger partial charge in [0.2, 0.25) is 0 Å². The maximum atomic E-state index is 5.92. The summed E-state index contributed by atoms with van der Waals surface area (Å²) < 4.78 is 7.75. The molecule has 0 radical (unpaired) electrons. The Balaban J connectivity index is 1.73. The van der Waals surface area contributed by atoms with Crippen molar-refractivity contribution in [1.29, 1.82) is 0 Å². The molecule has 0 amide bonds. The van der Waals surface area contributed by atoms with Gasteiger partial charge in [0.15, 0.2) is 5.75 Å². The third-order valence-electron chi connectivity index (χ3n) is 3.31. The average Bonchev–Trinajstić information content (AvgIpc) is 2.98. The van der Waals surface area contributed by atoms with Crippen LogP contribution >= 0.6 is 11.6 Å². The fourth-order valence-electron chi connectivity index (χ4n) is 2.41. The molecule has 3 rings (SSSR count). The highest BCUT2D eigenvalue weighted by Gasteiger charge is 2.17. The van der Waals surface area contributed by atoms with Crippen molar-refractivity contribution >= 4 is 11.6 Å². The van der Waals surface area contributed by atoms with Crippen LogP contribution < -0.4 is 4.74 Å². The maximum absolute atomic E-state index is 5.92. The molecule has 2 aromatic rings. The Labute approximate surface area is 111 Å². The van der Waals surface area contributed by atoms with Crippen LogP contribution in [0.5, 0.6) is 11.5 Å². The molecular weight excluding hydrogens is 248 g/mol. The number of ether oxygens (including phenoxy) is 1. The molecule has 4 heteroatoms. The standard InChI is InChI=1S/C14H15ClN2O/c15-11-4-3-7-13(8-11)18-14-9-16-17(10-14)12-5-1-2-6-12/h3-4,7-10,12H,1-2,5-6H2. The van der Waals surface area contributed by atoms with Gasteiger partial charge in [0, 0.05) is 5.02 Å². The summed E-state index contributed by atoms with van der Waals surface area (Å²) in [5.74, 6) is 1.51. The highest BCUT2D eigenvalue weighted by atomic mass is 35.5. The molecular formula is C14H15ClN2O. The lowest BCUT2D eigenvalue weighted by Gasteiger charge is -2.08. The molecule has 1 fully saturated rings. The number of halogens is 1. The topological polar surface area (TPSA) is 27.1 Å². The van der Waals surface area contributed by atoms with E-state index in [1.165, 1.54) is 25.7 Å². The van der Waals surface area contributed by atoms with Crippen LogP contribution in [0.25, 0.3) is 0 Å². The predicted molar refractivity (Wildman–Crippen MR) is 71.3 cm³/mol. The van der Waals surface area contributed by atoms with Gasteiger partial charge in [-0.1, -0.05) is 30.5 Å². The van der Waals surface area contributed by atoms with E-state index in [-0.39, 0.29) is 0 Å². The monoisotopic (exact) mass is 262 g/mol. The molecule has 0 aliphatic heterocycles. The first-order chi connectivity index (χ1) is 8.81. The van der Waals surface area contributed by atoms with Gasteiger partial charge in [0.25, 0.3) is 0 Å². The van der Waals surface area contributed by atoms with Crippen molar-refractivity contribution in [2.45, 2.75) is 31.7 Å². The van der Waals surface area contributed by atoms with Crippen LogP contribution in [0, 0.1) is 0 Å². The van der Waals surface area contributed by atoms with Crippen LogP contribution in [-0.2, 0) is 0 Å². The average molecular weight is 263 g/mol. The Morgan fingerprint density at radius 2 is 2.06 bits per heavy atom. The van der Waals surface area contributed by atoms with Crippen LogP contribution in [0.3, 0.4) is 0 Å². The summed E-state index contributed by atoms with van der Waals surface area (Å²) in [5.41, 5.74) is 0. The van der Waals surface area contributed by atoms with E-state index in [0.29, 0.717) is 11.1 Å². The minimum absolute atomic E-state index is 0.543. The summed E-state index contributed by atoms with van der Waals surface area (Å²) in [6, 6.07) is 7.93. The van der Waals surface area contributed by atoms with Gasteiger partial charge in [-0.15, -0.1) is 0 Å². The van der Waals surface area contributed by atoms with Gasteiger partial charge in [0.05, 0.1) is 18.4 Å². The highest BCUT2D eigenvalue weighted by molar-refractivity contribution is 6.30. The summed E-state index contributed by atoms with van der Waals surface area (Å²) in [7, 11) is 0. The molecule has 94 valence electrons. The second-order valence-electron chi connectivity index (χ2n) is 4.65. The smallest absolute Gasteiger partial charge is 0.165 e. The lowest BCUT2D eigenvalue weighted by molar-refractivity contribution is 0.456. The second kappa shape index (κ2) is 5.02. The van der Waals surface area contributed by atoms with Crippen molar-refractivity contribution in [3.8, 4) is 11.5 Å². The number of benzene rings is 1. The highest BCUT2D eigenvalue weighted by Crippen LogP contribution is 2.31. The third-order valence-corrected chi connectivity index (χ3v) is 3.54. The summed E-state index contributed by atoms with van der Waals surface area (Å²) in [6.45, 7) is 0. The molecule has 1 aromatic heterocycles. The van der Waals surface area contributed by atoms with E-state index < -0.39 is 0 Å². The van der Waals surface area contributed by atoms with E-state index in [1.807, 2.05) is 29.1 Å². The minimum atomic E-state index is 0.543. The summed E-state index contributed by atoms with van der Waals surface area (Å²) >= 11 is 5.92.